The molecule has 62 valence electrons. The maximum atomic E-state index is 5.52. The van der Waals surface area contributed by atoms with E-state index < -0.39 is 0 Å². The van der Waals surface area contributed by atoms with Crippen LogP contribution in [0.3, 0.4) is 0 Å². The van der Waals surface area contributed by atoms with Crippen LogP contribution in [-0.4, -0.2) is 6.10 Å². The van der Waals surface area contributed by atoms with Crippen LogP contribution in [0.2, 0.25) is 0 Å². The van der Waals surface area contributed by atoms with Crippen LogP contribution in [0.4, 0.5) is 0 Å². The van der Waals surface area contributed by atoms with Gasteiger partial charge in [0.15, 0.2) is 0 Å². The average Bonchev–Trinajstić information content (AvgIpc) is 2.80. The molecule has 1 heterocycles. The molecule has 2 atom stereocenters. The van der Waals surface area contributed by atoms with E-state index in [4.69, 9.17) is 4.74 Å². The van der Waals surface area contributed by atoms with E-state index in [9.17, 15) is 0 Å². The van der Waals surface area contributed by atoms with Gasteiger partial charge in [-0.15, -0.1) is 0 Å². The molecule has 0 aliphatic carbocycles. The van der Waals surface area contributed by atoms with E-state index in [1.165, 1.54) is 5.56 Å². The molecule has 0 unspecified atom stereocenters. The fourth-order valence-electron chi connectivity index (χ4n) is 1.59. The molecule has 1 heteroatoms. The summed E-state index contributed by atoms with van der Waals surface area (Å²) in [5.41, 5.74) is 1.01. The molecule has 1 saturated heterocycles. The molecule has 0 amide bonds. The third-order valence-corrected chi connectivity index (χ3v) is 2.45. The Balaban J connectivity index is 2.37. The zero-order valence-corrected chi connectivity index (χ0v) is 7.16. The van der Waals surface area contributed by atoms with Gasteiger partial charge < -0.3 is 4.74 Å². The Morgan fingerprint density at radius 2 is 2.00 bits per heavy atom. The van der Waals surface area contributed by atoms with Gasteiger partial charge in [0.1, 0.15) is 5.60 Å². The Bertz CT molecular complexity index is 291. The van der Waals surface area contributed by atoms with Crippen molar-refractivity contribution in [1.82, 2.24) is 0 Å². The Hall–Kier alpha value is -1.08. The second kappa shape index (κ2) is 2.46. The standard InChI is InChI=1S/C11H12O/c1-3-11(9(2)12-11)10-7-5-4-6-8-10/h3-9H,1H2,2H3/t9-,11+/m0/s1. The molecule has 0 spiro atoms. The van der Waals surface area contributed by atoms with E-state index >= 15 is 0 Å². The van der Waals surface area contributed by atoms with Crippen molar-refractivity contribution in [1.29, 1.82) is 0 Å². The van der Waals surface area contributed by atoms with Crippen LogP contribution in [0.1, 0.15) is 12.5 Å². The summed E-state index contributed by atoms with van der Waals surface area (Å²) in [5.74, 6) is 0. The van der Waals surface area contributed by atoms with Crippen molar-refractivity contribution in [2.24, 2.45) is 0 Å². The third-order valence-electron chi connectivity index (χ3n) is 2.45. The van der Waals surface area contributed by atoms with Gasteiger partial charge in [0.05, 0.1) is 6.10 Å². The lowest BCUT2D eigenvalue weighted by atomic mass is 9.96. The van der Waals surface area contributed by atoms with Gasteiger partial charge in [0, 0.05) is 0 Å². The van der Waals surface area contributed by atoms with Crippen molar-refractivity contribution >= 4 is 0 Å². The van der Waals surface area contributed by atoms with E-state index in [0.29, 0.717) is 0 Å². The lowest BCUT2D eigenvalue weighted by Gasteiger charge is -2.05. The molecule has 2 rings (SSSR count). The van der Waals surface area contributed by atoms with Crippen molar-refractivity contribution in [2.45, 2.75) is 18.6 Å². The number of benzene rings is 1. The molecular weight excluding hydrogens is 148 g/mol. The number of ether oxygens (including phenoxy) is 1. The van der Waals surface area contributed by atoms with Crippen molar-refractivity contribution in [3.63, 3.8) is 0 Å². The summed E-state index contributed by atoms with van der Waals surface area (Å²) < 4.78 is 5.52. The van der Waals surface area contributed by atoms with Gasteiger partial charge in [-0.25, -0.2) is 0 Å². The minimum atomic E-state index is -0.193. The maximum absolute atomic E-state index is 5.52. The Labute approximate surface area is 72.7 Å². The molecule has 0 saturated carbocycles. The normalized spacial score (nSPS) is 32.9. The quantitative estimate of drug-likeness (QED) is 0.478. The topological polar surface area (TPSA) is 12.5 Å². The lowest BCUT2D eigenvalue weighted by Crippen LogP contribution is -2.06. The highest BCUT2D eigenvalue weighted by Gasteiger charge is 2.51. The first-order chi connectivity index (χ1) is 5.79. The van der Waals surface area contributed by atoms with Gasteiger partial charge in [-0.1, -0.05) is 43.0 Å². The second-order valence-corrected chi connectivity index (χ2v) is 3.12. The minimum Gasteiger partial charge on any atom is -0.357 e. The molecule has 0 aromatic heterocycles. The van der Waals surface area contributed by atoms with Gasteiger partial charge in [-0.2, -0.15) is 0 Å². The van der Waals surface area contributed by atoms with Gasteiger partial charge in [0.25, 0.3) is 0 Å². The van der Waals surface area contributed by atoms with Crippen molar-refractivity contribution in [3.8, 4) is 0 Å². The van der Waals surface area contributed by atoms with Gasteiger partial charge >= 0.3 is 0 Å². The van der Waals surface area contributed by atoms with Gasteiger partial charge in [-0.05, 0) is 12.5 Å². The fraction of sp³-hybridized carbons (Fsp3) is 0.273. The smallest absolute Gasteiger partial charge is 0.137 e. The predicted molar refractivity (Wildman–Crippen MR) is 48.9 cm³/mol. The summed E-state index contributed by atoms with van der Waals surface area (Å²) in [6, 6.07) is 10.2. The van der Waals surface area contributed by atoms with E-state index in [2.05, 4.69) is 25.6 Å². The van der Waals surface area contributed by atoms with E-state index in [-0.39, 0.29) is 11.7 Å². The molecule has 12 heavy (non-hydrogen) atoms. The number of epoxide rings is 1. The summed E-state index contributed by atoms with van der Waals surface area (Å²) in [4.78, 5) is 0. The Kier molecular flexibility index (Phi) is 1.55. The first-order valence-electron chi connectivity index (χ1n) is 4.16. The van der Waals surface area contributed by atoms with Gasteiger partial charge in [0.2, 0.25) is 0 Å². The first-order valence-corrected chi connectivity index (χ1v) is 4.16. The molecule has 1 aliphatic rings. The zero-order chi connectivity index (χ0) is 8.60. The maximum Gasteiger partial charge on any atom is 0.137 e. The van der Waals surface area contributed by atoms with Crippen molar-refractivity contribution in [3.05, 3.63) is 48.6 Å². The van der Waals surface area contributed by atoms with E-state index in [1.807, 2.05) is 24.3 Å². The molecule has 1 fully saturated rings. The van der Waals surface area contributed by atoms with E-state index in [0.717, 1.165) is 0 Å². The second-order valence-electron chi connectivity index (χ2n) is 3.12. The molecule has 0 bridgehead atoms. The Morgan fingerprint density at radius 1 is 1.42 bits per heavy atom. The highest BCUT2D eigenvalue weighted by Crippen LogP contribution is 2.46. The Morgan fingerprint density at radius 3 is 2.42 bits per heavy atom. The van der Waals surface area contributed by atoms with Crippen LogP contribution in [0, 0.1) is 0 Å². The minimum absolute atomic E-state index is 0.193. The van der Waals surface area contributed by atoms with Crippen molar-refractivity contribution in [2.75, 3.05) is 0 Å². The van der Waals surface area contributed by atoms with Crippen LogP contribution in [0.5, 0.6) is 0 Å². The van der Waals surface area contributed by atoms with Gasteiger partial charge in [-0.3, -0.25) is 0 Å². The van der Waals surface area contributed by atoms with Crippen LogP contribution in [-0.2, 0) is 10.3 Å². The van der Waals surface area contributed by atoms with Crippen LogP contribution in [0.15, 0.2) is 43.0 Å². The van der Waals surface area contributed by atoms with Crippen LogP contribution < -0.4 is 0 Å². The van der Waals surface area contributed by atoms with E-state index in [1.54, 1.807) is 0 Å². The molecular formula is C11H12O. The molecule has 1 aromatic rings. The number of hydrogen-bond acceptors (Lipinski definition) is 1. The molecule has 1 aromatic carbocycles. The summed E-state index contributed by atoms with van der Waals surface area (Å²) in [7, 11) is 0. The summed E-state index contributed by atoms with van der Waals surface area (Å²) in [6.07, 6.45) is 2.16. The SMILES string of the molecule is C=C[C@@]1(c2ccccc2)O[C@H]1C. The molecule has 1 nitrogen and oxygen atoms in total. The third kappa shape index (κ3) is 0.901. The monoisotopic (exact) mass is 160 g/mol. The first kappa shape index (κ1) is 7.56. The summed E-state index contributed by atoms with van der Waals surface area (Å²) in [5, 5.41) is 0. The lowest BCUT2D eigenvalue weighted by molar-refractivity contribution is 0.339. The highest BCUT2D eigenvalue weighted by atomic mass is 16.6. The summed E-state index contributed by atoms with van der Waals surface area (Å²) >= 11 is 0. The average molecular weight is 160 g/mol. The number of hydrogen-bond donors (Lipinski definition) is 0. The largest absolute Gasteiger partial charge is 0.357 e. The zero-order valence-electron chi connectivity index (χ0n) is 7.16. The van der Waals surface area contributed by atoms with Crippen LogP contribution >= 0.6 is 0 Å². The van der Waals surface area contributed by atoms with Crippen LogP contribution in [0.25, 0.3) is 0 Å². The summed E-state index contributed by atoms with van der Waals surface area (Å²) in [6.45, 7) is 5.86. The molecule has 0 N–H and O–H groups in total. The predicted octanol–water partition coefficient (Wildman–Crippen LogP) is 2.49. The number of rotatable bonds is 2. The van der Waals surface area contributed by atoms with Crippen molar-refractivity contribution < 1.29 is 4.74 Å². The highest BCUT2D eigenvalue weighted by molar-refractivity contribution is 5.33. The fourth-order valence-corrected chi connectivity index (χ4v) is 1.59. The molecule has 1 aliphatic heterocycles. The molecule has 0 radical (unpaired) electrons.